The summed E-state index contributed by atoms with van der Waals surface area (Å²) < 4.78 is 17.1. The molecule has 2 aromatic carbocycles. The lowest BCUT2D eigenvalue weighted by molar-refractivity contribution is -0.146. The van der Waals surface area contributed by atoms with E-state index >= 15 is 0 Å². The second-order valence-corrected chi connectivity index (χ2v) is 7.31. The molecule has 30 heavy (non-hydrogen) atoms. The molecular weight excluding hydrogens is 380 g/mol. The van der Waals surface area contributed by atoms with Crippen molar-refractivity contribution in [3.8, 4) is 23.3 Å². The molecule has 1 atom stereocenters. The number of fused-ring (bicyclic) bond motifs is 1. The zero-order valence-corrected chi connectivity index (χ0v) is 17.0. The van der Waals surface area contributed by atoms with Crippen LogP contribution in [0.3, 0.4) is 0 Å². The molecule has 0 fully saturated rings. The van der Waals surface area contributed by atoms with Crippen LogP contribution < -0.4 is 4.74 Å². The molecule has 6 nitrogen and oxygen atoms in total. The Morgan fingerprint density at radius 1 is 1.30 bits per heavy atom. The Morgan fingerprint density at radius 2 is 2.17 bits per heavy atom. The summed E-state index contributed by atoms with van der Waals surface area (Å²) in [5, 5.41) is 9.06. The molecule has 1 aliphatic rings. The maximum atomic E-state index is 11.2. The van der Waals surface area contributed by atoms with Crippen LogP contribution in [-0.2, 0) is 22.4 Å². The van der Waals surface area contributed by atoms with Gasteiger partial charge in [-0.25, -0.2) is 4.98 Å². The van der Waals surface area contributed by atoms with Gasteiger partial charge < -0.3 is 13.9 Å². The number of ether oxygens (including phenoxy) is 2. The molecule has 0 amide bonds. The largest absolute Gasteiger partial charge is 0.493 e. The maximum Gasteiger partial charge on any atom is 0.303 e. The van der Waals surface area contributed by atoms with E-state index in [0.717, 1.165) is 46.7 Å². The summed E-state index contributed by atoms with van der Waals surface area (Å²) in [6.45, 7) is 3.79. The third-order valence-corrected chi connectivity index (χ3v) is 5.18. The molecule has 0 bridgehead atoms. The van der Waals surface area contributed by atoms with E-state index in [2.05, 4.69) is 11.1 Å². The van der Waals surface area contributed by atoms with Gasteiger partial charge in [0, 0.05) is 18.9 Å². The molecule has 0 saturated carbocycles. The Hall–Kier alpha value is -3.59. The molecule has 6 heteroatoms. The number of carbonyl (C=O) groups excluding carboxylic acids is 1. The van der Waals surface area contributed by atoms with E-state index < -0.39 is 0 Å². The molecule has 0 N–H and O–H groups in total. The van der Waals surface area contributed by atoms with Crippen molar-refractivity contribution >= 4 is 5.97 Å². The summed E-state index contributed by atoms with van der Waals surface area (Å²) in [6.07, 6.45) is 2.15. The maximum absolute atomic E-state index is 11.2. The minimum absolute atomic E-state index is 0.151. The number of aryl methyl sites for hydroxylation is 2. The first-order chi connectivity index (χ1) is 14.5. The molecule has 0 aliphatic heterocycles. The van der Waals surface area contributed by atoms with Crippen LogP contribution in [0.5, 0.6) is 5.75 Å². The summed E-state index contributed by atoms with van der Waals surface area (Å²) in [7, 11) is 0. The van der Waals surface area contributed by atoms with Crippen molar-refractivity contribution in [2.45, 2.75) is 39.2 Å². The Kier molecular flexibility index (Phi) is 5.53. The van der Waals surface area contributed by atoms with E-state index in [1.807, 2.05) is 37.3 Å². The van der Waals surface area contributed by atoms with Crippen LogP contribution >= 0.6 is 0 Å². The van der Waals surface area contributed by atoms with Crippen molar-refractivity contribution in [2.75, 3.05) is 6.61 Å². The van der Waals surface area contributed by atoms with Crippen molar-refractivity contribution < 1.29 is 18.7 Å². The Morgan fingerprint density at radius 3 is 2.97 bits per heavy atom. The molecule has 0 spiro atoms. The molecule has 1 aliphatic carbocycles. The van der Waals surface area contributed by atoms with Crippen LogP contribution in [0.25, 0.3) is 11.5 Å². The van der Waals surface area contributed by atoms with Gasteiger partial charge in [-0.05, 0) is 61.2 Å². The average molecular weight is 402 g/mol. The van der Waals surface area contributed by atoms with E-state index in [4.69, 9.17) is 19.2 Å². The van der Waals surface area contributed by atoms with E-state index in [-0.39, 0.29) is 12.1 Å². The van der Waals surface area contributed by atoms with Crippen molar-refractivity contribution in [1.29, 1.82) is 5.26 Å². The van der Waals surface area contributed by atoms with Gasteiger partial charge in [0.25, 0.3) is 0 Å². The normalized spacial score (nSPS) is 14.8. The number of nitrogens with zero attached hydrogens (tertiary/aromatic N) is 2. The highest BCUT2D eigenvalue weighted by atomic mass is 16.5. The fraction of sp³-hybridized carbons (Fsp3) is 0.292. The Bertz CT molecular complexity index is 1130. The van der Waals surface area contributed by atoms with Gasteiger partial charge in [-0.3, -0.25) is 4.79 Å². The summed E-state index contributed by atoms with van der Waals surface area (Å²) in [4.78, 5) is 15.8. The number of esters is 1. The van der Waals surface area contributed by atoms with Gasteiger partial charge in [-0.1, -0.05) is 12.1 Å². The molecule has 152 valence electrons. The van der Waals surface area contributed by atoms with Crippen LogP contribution in [0.2, 0.25) is 0 Å². The minimum Gasteiger partial charge on any atom is -0.493 e. The smallest absolute Gasteiger partial charge is 0.303 e. The number of nitriles is 1. The summed E-state index contributed by atoms with van der Waals surface area (Å²) >= 11 is 0. The number of rotatable bonds is 6. The number of carbonyl (C=O) groups is 1. The van der Waals surface area contributed by atoms with Gasteiger partial charge in [0.15, 0.2) is 0 Å². The highest BCUT2D eigenvalue weighted by Gasteiger charge is 2.25. The quantitative estimate of drug-likeness (QED) is 0.556. The Balaban J connectivity index is 1.39. The molecule has 1 aromatic heterocycles. The van der Waals surface area contributed by atoms with Crippen LogP contribution in [0.15, 0.2) is 46.9 Å². The topological polar surface area (TPSA) is 85.4 Å². The molecule has 3 aromatic rings. The van der Waals surface area contributed by atoms with Gasteiger partial charge in [-0.2, -0.15) is 5.26 Å². The number of hydrogen-bond donors (Lipinski definition) is 0. The number of oxazole rings is 1. The van der Waals surface area contributed by atoms with E-state index in [0.29, 0.717) is 24.5 Å². The van der Waals surface area contributed by atoms with Crippen LogP contribution in [0.1, 0.15) is 47.6 Å². The molecular formula is C24H22N2O4. The zero-order valence-electron chi connectivity index (χ0n) is 17.0. The lowest BCUT2D eigenvalue weighted by atomic mass is 10.1. The summed E-state index contributed by atoms with van der Waals surface area (Å²) in [5.41, 5.74) is 4.42. The molecule has 4 rings (SSSR count). The predicted molar refractivity (Wildman–Crippen MR) is 110 cm³/mol. The lowest BCUT2D eigenvalue weighted by Gasteiger charge is -2.12. The molecule has 0 saturated heterocycles. The zero-order chi connectivity index (χ0) is 21.1. The van der Waals surface area contributed by atoms with Crippen LogP contribution in [-0.4, -0.2) is 17.6 Å². The van der Waals surface area contributed by atoms with Gasteiger partial charge in [0.05, 0.1) is 23.9 Å². The highest BCUT2D eigenvalue weighted by molar-refractivity contribution is 5.66. The van der Waals surface area contributed by atoms with Gasteiger partial charge in [-0.15, -0.1) is 0 Å². The first-order valence-corrected chi connectivity index (χ1v) is 9.93. The van der Waals surface area contributed by atoms with Crippen molar-refractivity contribution in [2.24, 2.45) is 0 Å². The summed E-state index contributed by atoms with van der Waals surface area (Å²) in [5.74, 6) is 1.79. The third kappa shape index (κ3) is 4.20. The minimum atomic E-state index is -0.255. The fourth-order valence-electron chi connectivity index (χ4n) is 3.74. The first kappa shape index (κ1) is 19.7. The lowest BCUT2D eigenvalue weighted by Crippen LogP contribution is -2.05. The third-order valence-electron chi connectivity index (χ3n) is 5.18. The highest BCUT2D eigenvalue weighted by Crippen LogP contribution is 2.36. The predicted octanol–water partition coefficient (Wildman–Crippen LogP) is 4.69. The molecule has 1 heterocycles. The second kappa shape index (κ2) is 8.42. The van der Waals surface area contributed by atoms with Gasteiger partial charge >= 0.3 is 5.97 Å². The molecule has 1 unspecified atom stereocenters. The fourth-order valence-corrected chi connectivity index (χ4v) is 3.74. The first-order valence-electron chi connectivity index (χ1n) is 9.93. The second-order valence-electron chi connectivity index (χ2n) is 7.31. The van der Waals surface area contributed by atoms with Crippen LogP contribution in [0, 0.1) is 18.3 Å². The van der Waals surface area contributed by atoms with Crippen molar-refractivity contribution in [3.05, 3.63) is 70.6 Å². The SMILES string of the molecule is CC(=O)OC1CCc2cc(OCCc3nc(-c4cccc(C#N)c4)oc3C)ccc21. The van der Waals surface area contributed by atoms with E-state index in [9.17, 15) is 4.79 Å². The van der Waals surface area contributed by atoms with Crippen molar-refractivity contribution in [3.63, 3.8) is 0 Å². The molecule has 0 radical (unpaired) electrons. The van der Waals surface area contributed by atoms with Gasteiger partial charge in [0.2, 0.25) is 5.89 Å². The van der Waals surface area contributed by atoms with E-state index in [1.54, 1.807) is 12.1 Å². The number of aromatic nitrogens is 1. The Labute approximate surface area is 175 Å². The van der Waals surface area contributed by atoms with Crippen molar-refractivity contribution in [1.82, 2.24) is 4.98 Å². The average Bonchev–Trinajstić information content (AvgIpc) is 3.31. The van der Waals surface area contributed by atoms with Crippen LogP contribution in [0.4, 0.5) is 0 Å². The van der Waals surface area contributed by atoms with E-state index in [1.165, 1.54) is 6.92 Å². The monoisotopic (exact) mass is 402 g/mol. The number of benzene rings is 2. The number of hydrogen-bond acceptors (Lipinski definition) is 6. The van der Waals surface area contributed by atoms with Gasteiger partial charge in [0.1, 0.15) is 17.6 Å². The summed E-state index contributed by atoms with van der Waals surface area (Å²) in [6, 6.07) is 15.2. The standard InChI is InChI=1S/C24H22N2O4/c1-15-22(26-24(29-15)19-5-3-4-17(12-19)14-25)10-11-28-20-7-8-21-18(13-20)6-9-23(21)30-16(2)27/h3-5,7-8,12-13,23H,6,9-11H2,1-2H3.